The fourth-order valence-electron chi connectivity index (χ4n) is 0.988. The molecule has 0 aliphatic heterocycles. The lowest BCUT2D eigenvalue weighted by molar-refractivity contribution is 0.0818. The first-order valence-electron chi connectivity index (χ1n) is 4.07. The molecule has 0 saturated carbocycles. The molecule has 1 amide bonds. The maximum absolute atomic E-state index is 11.6. The van der Waals surface area contributed by atoms with Crippen molar-refractivity contribution in [2.24, 2.45) is 0 Å². The van der Waals surface area contributed by atoms with Gasteiger partial charge in [-0.15, -0.1) is 0 Å². The van der Waals surface area contributed by atoms with Gasteiger partial charge >= 0.3 is 0 Å². The van der Waals surface area contributed by atoms with Gasteiger partial charge in [0.15, 0.2) is 11.4 Å². The van der Waals surface area contributed by atoms with E-state index >= 15 is 0 Å². The van der Waals surface area contributed by atoms with Crippen LogP contribution in [0.5, 0.6) is 5.75 Å². The zero-order chi connectivity index (χ0) is 10.7. The molecule has 0 unspecified atom stereocenters. The van der Waals surface area contributed by atoms with Crippen LogP contribution in [0, 0.1) is 0 Å². The predicted molar refractivity (Wildman–Crippen MR) is 53.2 cm³/mol. The molecule has 5 nitrogen and oxygen atoms in total. The van der Waals surface area contributed by atoms with Gasteiger partial charge in [-0.05, 0) is 0 Å². The molecule has 0 atom stereocenters. The third-order valence-electron chi connectivity index (χ3n) is 1.70. The van der Waals surface area contributed by atoms with Gasteiger partial charge in [-0.1, -0.05) is 0 Å². The van der Waals surface area contributed by atoms with Gasteiger partial charge < -0.3 is 15.4 Å². The van der Waals surface area contributed by atoms with Crippen LogP contribution in [0.3, 0.4) is 0 Å². The number of carbonyl (C=O) groups is 1. The number of methoxy groups -OCH3 is 1. The highest BCUT2D eigenvalue weighted by atomic mass is 16.5. The molecule has 0 fully saturated rings. The zero-order valence-electron chi connectivity index (χ0n) is 8.44. The van der Waals surface area contributed by atoms with Crippen LogP contribution >= 0.6 is 0 Å². The number of aromatic nitrogens is 1. The van der Waals surface area contributed by atoms with Gasteiger partial charge in [-0.2, -0.15) is 0 Å². The van der Waals surface area contributed by atoms with E-state index in [0.717, 1.165) is 0 Å². The lowest BCUT2D eigenvalue weighted by Gasteiger charge is -2.12. The molecule has 14 heavy (non-hydrogen) atoms. The van der Waals surface area contributed by atoms with Crippen LogP contribution in [-0.4, -0.2) is 37.0 Å². The number of nitrogens with zero attached hydrogens (tertiary/aromatic N) is 2. The predicted octanol–water partition coefficient (Wildman–Crippen LogP) is 0.374. The Balaban J connectivity index is 3.14. The van der Waals surface area contributed by atoms with Crippen LogP contribution in [0.4, 0.5) is 5.69 Å². The van der Waals surface area contributed by atoms with Crippen LogP contribution in [0.25, 0.3) is 0 Å². The zero-order valence-corrected chi connectivity index (χ0v) is 8.44. The van der Waals surface area contributed by atoms with Gasteiger partial charge in [0, 0.05) is 20.2 Å². The van der Waals surface area contributed by atoms with Crippen molar-refractivity contribution in [1.82, 2.24) is 9.88 Å². The first-order chi connectivity index (χ1) is 6.56. The van der Waals surface area contributed by atoms with Gasteiger partial charge in [0.25, 0.3) is 5.91 Å². The van der Waals surface area contributed by atoms with Crippen molar-refractivity contribution in [2.75, 3.05) is 26.9 Å². The molecule has 0 aromatic carbocycles. The number of anilines is 1. The van der Waals surface area contributed by atoms with Crippen molar-refractivity contribution in [3.05, 3.63) is 18.0 Å². The number of nitrogens with two attached hydrogens (primary N) is 1. The second kappa shape index (κ2) is 3.95. The third kappa shape index (κ3) is 1.93. The summed E-state index contributed by atoms with van der Waals surface area (Å²) in [5.74, 6) is 0.186. The van der Waals surface area contributed by atoms with E-state index in [0.29, 0.717) is 11.4 Å². The van der Waals surface area contributed by atoms with Crippen LogP contribution in [0.15, 0.2) is 12.3 Å². The standard InChI is InChI=1S/C9H13N3O2/c1-12(2)9(13)8-7(14-3)4-6(10)5-11-8/h4-5H,10H2,1-3H3. The lowest BCUT2D eigenvalue weighted by Crippen LogP contribution is -2.23. The van der Waals surface area contributed by atoms with Crippen molar-refractivity contribution < 1.29 is 9.53 Å². The number of ether oxygens (including phenoxy) is 1. The molecular formula is C9H13N3O2. The number of hydrogen-bond donors (Lipinski definition) is 1. The first-order valence-corrected chi connectivity index (χ1v) is 4.07. The number of pyridine rings is 1. The smallest absolute Gasteiger partial charge is 0.275 e. The Morgan fingerprint density at radius 2 is 2.21 bits per heavy atom. The Labute approximate surface area is 82.5 Å². The molecule has 0 aliphatic carbocycles. The van der Waals surface area contributed by atoms with Gasteiger partial charge in [-0.3, -0.25) is 4.79 Å². The third-order valence-corrected chi connectivity index (χ3v) is 1.70. The van der Waals surface area contributed by atoms with E-state index in [4.69, 9.17) is 10.5 Å². The quantitative estimate of drug-likeness (QED) is 0.740. The molecular weight excluding hydrogens is 182 g/mol. The summed E-state index contributed by atoms with van der Waals surface area (Å²) in [7, 11) is 4.78. The topological polar surface area (TPSA) is 68.5 Å². The summed E-state index contributed by atoms with van der Waals surface area (Å²) in [5.41, 5.74) is 6.25. The molecule has 0 spiro atoms. The Bertz CT molecular complexity index is 350. The Morgan fingerprint density at radius 1 is 1.57 bits per heavy atom. The van der Waals surface area contributed by atoms with Gasteiger partial charge in [-0.25, -0.2) is 4.98 Å². The number of amides is 1. The van der Waals surface area contributed by atoms with E-state index in [1.807, 2.05) is 0 Å². The minimum atomic E-state index is -0.207. The highest BCUT2D eigenvalue weighted by molar-refractivity contribution is 5.94. The van der Waals surface area contributed by atoms with E-state index in [1.165, 1.54) is 18.2 Å². The summed E-state index contributed by atoms with van der Waals surface area (Å²) in [6.07, 6.45) is 1.43. The second-order valence-corrected chi connectivity index (χ2v) is 3.02. The minimum Gasteiger partial charge on any atom is -0.494 e. The van der Waals surface area contributed by atoms with E-state index in [-0.39, 0.29) is 11.6 Å². The molecule has 0 saturated heterocycles. The van der Waals surface area contributed by atoms with Crippen molar-refractivity contribution in [3.63, 3.8) is 0 Å². The Morgan fingerprint density at radius 3 is 2.71 bits per heavy atom. The fourth-order valence-corrected chi connectivity index (χ4v) is 0.988. The van der Waals surface area contributed by atoms with Crippen molar-refractivity contribution in [3.8, 4) is 5.75 Å². The molecule has 1 rings (SSSR count). The molecule has 0 bridgehead atoms. The molecule has 0 radical (unpaired) electrons. The van der Waals surface area contributed by atoms with E-state index in [2.05, 4.69) is 4.98 Å². The highest BCUT2D eigenvalue weighted by Crippen LogP contribution is 2.19. The number of nitrogen functional groups attached to an aromatic ring is 1. The molecule has 1 aromatic rings. The van der Waals surface area contributed by atoms with Crippen molar-refractivity contribution in [1.29, 1.82) is 0 Å². The fraction of sp³-hybridized carbons (Fsp3) is 0.333. The Kier molecular flexibility index (Phi) is 2.91. The van der Waals surface area contributed by atoms with Crippen molar-refractivity contribution >= 4 is 11.6 Å². The minimum absolute atomic E-state index is 0.207. The molecule has 1 heterocycles. The van der Waals surface area contributed by atoms with Crippen molar-refractivity contribution in [2.45, 2.75) is 0 Å². The summed E-state index contributed by atoms with van der Waals surface area (Å²) < 4.78 is 5.01. The normalized spacial score (nSPS) is 9.64. The summed E-state index contributed by atoms with van der Waals surface area (Å²) in [4.78, 5) is 16.9. The Hall–Kier alpha value is -1.78. The number of rotatable bonds is 2. The van der Waals surface area contributed by atoms with Gasteiger partial charge in [0.2, 0.25) is 0 Å². The van der Waals surface area contributed by atoms with Crippen LogP contribution < -0.4 is 10.5 Å². The number of hydrogen-bond acceptors (Lipinski definition) is 4. The largest absolute Gasteiger partial charge is 0.494 e. The summed E-state index contributed by atoms with van der Waals surface area (Å²) in [5, 5.41) is 0. The molecule has 76 valence electrons. The summed E-state index contributed by atoms with van der Waals surface area (Å²) in [6.45, 7) is 0. The van der Waals surface area contributed by atoms with Gasteiger partial charge in [0.05, 0.1) is 19.0 Å². The summed E-state index contributed by atoms with van der Waals surface area (Å²) in [6, 6.07) is 1.57. The SMILES string of the molecule is COc1cc(N)cnc1C(=O)N(C)C. The molecule has 5 heteroatoms. The highest BCUT2D eigenvalue weighted by Gasteiger charge is 2.15. The van der Waals surface area contributed by atoms with E-state index in [9.17, 15) is 4.79 Å². The first kappa shape index (κ1) is 10.3. The maximum Gasteiger partial charge on any atom is 0.275 e. The number of carbonyl (C=O) groups excluding carboxylic acids is 1. The molecule has 1 aromatic heterocycles. The maximum atomic E-state index is 11.6. The summed E-state index contributed by atoms with van der Waals surface area (Å²) >= 11 is 0. The molecule has 2 N–H and O–H groups in total. The second-order valence-electron chi connectivity index (χ2n) is 3.02. The molecule has 0 aliphatic rings. The van der Waals surface area contributed by atoms with Crippen LogP contribution in [-0.2, 0) is 0 Å². The average molecular weight is 195 g/mol. The van der Waals surface area contributed by atoms with Crippen LogP contribution in [0.2, 0.25) is 0 Å². The van der Waals surface area contributed by atoms with Crippen LogP contribution in [0.1, 0.15) is 10.5 Å². The lowest BCUT2D eigenvalue weighted by atomic mass is 10.3. The van der Waals surface area contributed by atoms with E-state index in [1.54, 1.807) is 20.2 Å². The van der Waals surface area contributed by atoms with Gasteiger partial charge in [0.1, 0.15) is 0 Å². The monoisotopic (exact) mass is 195 g/mol. The van der Waals surface area contributed by atoms with E-state index < -0.39 is 0 Å². The average Bonchev–Trinajstić information content (AvgIpc) is 2.16.